The second-order valence-electron chi connectivity index (χ2n) is 6.77. The van der Waals surface area contributed by atoms with Crippen LogP contribution in [0.5, 0.6) is 11.5 Å². The molecule has 1 aromatic carbocycles. The van der Waals surface area contributed by atoms with Gasteiger partial charge in [0.25, 0.3) is 5.91 Å². The Balaban J connectivity index is 0.000000360. The average Bonchev–Trinajstić information content (AvgIpc) is 3.23. The second kappa shape index (κ2) is 9.54. The van der Waals surface area contributed by atoms with Crippen molar-refractivity contribution in [2.45, 2.75) is 12.7 Å². The average molecular weight is 453 g/mol. The molecule has 0 spiro atoms. The van der Waals surface area contributed by atoms with Crippen molar-refractivity contribution in [1.29, 1.82) is 0 Å². The number of hydrogen-bond donors (Lipinski definition) is 1. The van der Waals surface area contributed by atoms with Crippen molar-refractivity contribution < 1.29 is 42.1 Å². The lowest BCUT2D eigenvalue weighted by Gasteiger charge is -2.34. The van der Waals surface area contributed by atoms with E-state index >= 15 is 0 Å². The molecular formula is C20H18F3N3O6. The molecule has 32 heavy (non-hydrogen) atoms. The number of ether oxygens (including phenoxy) is 2. The minimum atomic E-state index is -5.08. The van der Waals surface area contributed by atoms with Crippen LogP contribution < -0.4 is 9.47 Å². The van der Waals surface area contributed by atoms with Crippen LogP contribution in [-0.2, 0) is 16.1 Å². The van der Waals surface area contributed by atoms with Gasteiger partial charge in [-0.15, -0.1) is 0 Å². The normalized spacial score (nSPS) is 15.2. The monoisotopic (exact) mass is 453 g/mol. The maximum atomic E-state index is 12.4. The maximum Gasteiger partial charge on any atom is 0.490 e. The van der Waals surface area contributed by atoms with E-state index in [4.69, 9.17) is 19.4 Å². The summed E-state index contributed by atoms with van der Waals surface area (Å²) >= 11 is 0. The number of carboxylic acids is 1. The van der Waals surface area contributed by atoms with E-state index < -0.39 is 12.1 Å². The fraction of sp³-hybridized carbons (Fsp3) is 0.300. The lowest BCUT2D eigenvalue weighted by Crippen LogP contribution is -2.51. The summed E-state index contributed by atoms with van der Waals surface area (Å²) in [6, 6.07) is 9.09. The third-order valence-electron chi connectivity index (χ3n) is 4.57. The van der Waals surface area contributed by atoms with Gasteiger partial charge >= 0.3 is 12.1 Å². The minimum absolute atomic E-state index is 0.0684. The number of carbonyl (C=O) groups excluding carboxylic acids is 2. The highest BCUT2D eigenvalue weighted by Gasteiger charge is 2.38. The third-order valence-corrected chi connectivity index (χ3v) is 4.57. The van der Waals surface area contributed by atoms with Gasteiger partial charge in [0.1, 0.15) is 6.54 Å². The largest absolute Gasteiger partial charge is 0.490 e. The molecule has 1 saturated heterocycles. The molecule has 1 fully saturated rings. The molecule has 2 aliphatic rings. The van der Waals surface area contributed by atoms with Gasteiger partial charge < -0.3 is 24.4 Å². The molecule has 0 unspecified atom stereocenters. The number of piperazine rings is 1. The molecule has 3 heterocycles. The number of hydrogen-bond acceptors (Lipinski definition) is 6. The highest BCUT2D eigenvalue weighted by atomic mass is 19.4. The van der Waals surface area contributed by atoms with Crippen molar-refractivity contribution in [3.8, 4) is 11.5 Å². The Kier molecular flexibility index (Phi) is 6.81. The zero-order valence-corrected chi connectivity index (χ0v) is 16.5. The first-order chi connectivity index (χ1) is 15.1. The molecule has 1 aromatic heterocycles. The van der Waals surface area contributed by atoms with Gasteiger partial charge in [-0.1, -0.05) is 6.07 Å². The molecule has 9 nitrogen and oxygen atoms in total. The van der Waals surface area contributed by atoms with E-state index in [-0.39, 0.29) is 25.2 Å². The summed E-state index contributed by atoms with van der Waals surface area (Å²) in [4.78, 5) is 41.0. The van der Waals surface area contributed by atoms with Crippen LogP contribution in [0, 0.1) is 0 Å². The van der Waals surface area contributed by atoms with Gasteiger partial charge in [-0.2, -0.15) is 13.2 Å². The molecule has 4 rings (SSSR count). The fourth-order valence-electron chi connectivity index (χ4n) is 2.98. The van der Waals surface area contributed by atoms with Crippen LogP contribution in [0.2, 0.25) is 0 Å². The molecule has 2 aliphatic heterocycles. The quantitative estimate of drug-likeness (QED) is 0.756. The van der Waals surface area contributed by atoms with E-state index in [1.807, 2.05) is 18.2 Å². The van der Waals surface area contributed by atoms with Crippen molar-refractivity contribution in [2.75, 3.05) is 26.4 Å². The molecule has 12 heteroatoms. The molecule has 1 N–H and O–H groups in total. The first-order valence-electron chi connectivity index (χ1n) is 9.31. The van der Waals surface area contributed by atoms with E-state index in [9.17, 15) is 22.8 Å². The summed E-state index contributed by atoms with van der Waals surface area (Å²) < 4.78 is 42.4. The Hall–Kier alpha value is -3.83. The van der Waals surface area contributed by atoms with E-state index in [1.54, 1.807) is 28.1 Å². The summed E-state index contributed by atoms with van der Waals surface area (Å²) in [6.45, 7) is 1.80. The van der Waals surface area contributed by atoms with E-state index in [2.05, 4.69) is 4.98 Å². The Morgan fingerprint density at radius 2 is 1.84 bits per heavy atom. The maximum absolute atomic E-state index is 12.4. The Labute approximate surface area is 180 Å². The first kappa shape index (κ1) is 22.8. The number of carboxylic acid groups (broad SMARTS) is 1. The number of pyridine rings is 1. The summed E-state index contributed by atoms with van der Waals surface area (Å²) in [5.41, 5.74) is 1.48. The molecule has 170 valence electrons. The van der Waals surface area contributed by atoms with Crippen LogP contribution in [0.15, 0.2) is 42.7 Å². The highest BCUT2D eigenvalue weighted by Crippen LogP contribution is 2.32. The standard InChI is InChI=1S/C18H17N3O4.C2HF3O2/c22-17-11-21(18(23)14-2-1-5-19-9-14)7-6-20(17)10-13-3-4-15-16(8-13)25-12-24-15;3-2(4,5)1(6)7/h1-5,8-9H,6-7,10-12H2;(H,6,7). The highest BCUT2D eigenvalue weighted by molar-refractivity contribution is 5.96. The third kappa shape index (κ3) is 5.65. The van der Waals surface area contributed by atoms with E-state index in [0.29, 0.717) is 30.9 Å². The SMILES string of the molecule is O=C(O)C(F)(F)F.O=C1CN(C(=O)c2cccnc2)CCN1Cc1ccc2c(c1)OCO2. The van der Waals surface area contributed by atoms with Crippen molar-refractivity contribution in [3.05, 3.63) is 53.9 Å². The van der Waals surface area contributed by atoms with Crippen LogP contribution in [-0.4, -0.2) is 70.3 Å². The number of halogens is 3. The second-order valence-corrected chi connectivity index (χ2v) is 6.77. The number of aliphatic carboxylic acids is 1. The topological polar surface area (TPSA) is 109 Å². The van der Waals surface area contributed by atoms with Crippen molar-refractivity contribution >= 4 is 17.8 Å². The van der Waals surface area contributed by atoms with Gasteiger partial charge in [0.05, 0.1) is 5.56 Å². The molecule has 0 bridgehead atoms. The number of aromatic nitrogens is 1. The van der Waals surface area contributed by atoms with Crippen LogP contribution in [0.3, 0.4) is 0 Å². The van der Waals surface area contributed by atoms with E-state index in [1.165, 1.54) is 6.20 Å². The van der Waals surface area contributed by atoms with Gasteiger partial charge in [-0.3, -0.25) is 14.6 Å². The minimum Gasteiger partial charge on any atom is -0.475 e. The number of rotatable bonds is 3. The predicted molar refractivity (Wildman–Crippen MR) is 102 cm³/mol. The lowest BCUT2D eigenvalue weighted by atomic mass is 10.1. The van der Waals surface area contributed by atoms with Crippen LogP contribution >= 0.6 is 0 Å². The van der Waals surface area contributed by atoms with Gasteiger partial charge in [0.2, 0.25) is 12.7 Å². The summed E-state index contributed by atoms with van der Waals surface area (Å²) in [5.74, 6) is -1.56. The smallest absolute Gasteiger partial charge is 0.475 e. The molecular weight excluding hydrogens is 435 g/mol. The molecule has 0 saturated carbocycles. The number of carbonyl (C=O) groups is 3. The number of fused-ring (bicyclic) bond motifs is 1. The van der Waals surface area contributed by atoms with E-state index in [0.717, 1.165) is 11.3 Å². The van der Waals surface area contributed by atoms with Gasteiger partial charge in [-0.05, 0) is 29.8 Å². The summed E-state index contributed by atoms with van der Waals surface area (Å²) in [7, 11) is 0. The molecule has 2 aromatic rings. The molecule has 0 aliphatic carbocycles. The number of amides is 2. The Bertz CT molecular complexity index is 1000. The number of alkyl halides is 3. The fourth-order valence-corrected chi connectivity index (χ4v) is 2.98. The van der Waals surface area contributed by atoms with Crippen LogP contribution in [0.4, 0.5) is 13.2 Å². The molecule has 0 radical (unpaired) electrons. The summed E-state index contributed by atoms with van der Waals surface area (Å²) in [5, 5.41) is 7.12. The molecule has 0 atom stereocenters. The van der Waals surface area contributed by atoms with Gasteiger partial charge in [0, 0.05) is 32.0 Å². The summed E-state index contributed by atoms with van der Waals surface area (Å²) in [6.07, 6.45) is -1.95. The first-order valence-corrected chi connectivity index (χ1v) is 9.31. The van der Waals surface area contributed by atoms with Gasteiger partial charge in [0.15, 0.2) is 11.5 Å². The van der Waals surface area contributed by atoms with Crippen molar-refractivity contribution in [2.24, 2.45) is 0 Å². The van der Waals surface area contributed by atoms with Gasteiger partial charge in [-0.25, -0.2) is 4.79 Å². The molecule has 2 amide bonds. The predicted octanol–water partition coefficient (Wildman–Crippen LogP) is 1.93. The number of nitrogens with zero attached hydrogens (tertiary/aromatic N) is 3. The van der Waals surface area contributed by atoms with Crippen molar-refractivity contribution in [3.63, 3.8) is 0 Å². The zero-order valence-electron chi connectivity index (χ0n) is 16.5. The van der Waals surface area contributed by atoms with Crippen molar-refractivity contribution in [1.82, 2.24) is 14.8 Å². The Morgan fingerprint density at radius 3 is 2.47 bits per heavy atom. The number of benzene rings is 1. The van der Waals surface area contributed by atoms with Crippen LogP contribution in [0.1, 0.15) is 15.9 Å². The zero-order chi connectivity index (χ0) is 23.3. The lowest BCUT2D eigenvalue weighted by molar-refractivity contribution is -0.192. The Morgan fingerprint density at radius 1 is 1.12 bits per heavy atom. The van der Waals surface area contributed by atoms with Crippen LogP contribution in [0.25, 0.3) is 0 Å².